The largest absolute Gasteiger partial charge is 0.466 e. The molecule has 2 aromatic carbocycles. The normalized spacial score (nSPS) is 13.6. The van der Waals surface area contributed by atoms with Crippen molar-refractivity contribution >= 4 is 29.3 Å². The number of hydrogen-bond donors (Lipinski definition) is 1. The first kappa shape index (κ1) is 24.4. The number of nitrogens with one attached hydrogen (secondary N) is 1. The van der Waals surface area contributed by atoms with Gasteiger partial charge in [0.15, 0.2) is 5.78 Å². The summed E-state index contributed by atoms with van der Waals surface area (Å²) in [5.74, 6) is -1.32. The van der Waals surface area contributed by atoms with Crippen LogP contribution in [0.4, 0.5) is 0 Å². The second-order valence-electron chi connectivity index (χ2n) is 8.23. The number of carbonyl (C=O) groups excluding carboxylic acids is 3. The van der Waals surface area contributed by atoms with Gasteiger partial charge in [0.2, 0.25) is 0 Å². The van der Waals surface area contributed by atoms with Crippen molar-refractivity contribution in [3.8, 4) is 5.69 Å². The molecule has 1 aliphatic rings. The van der Waals surface area contributed by atoms with Crippen LogP contribution in [0.2, 0.25) is 5.02 Å². The van der Waals surface area contributed by atoms with Gasteiger partial charge in [-0.25, -0.2) is 0 Å². The standard InChI is InChI=1S/C27H25ClN2O5/c1-2-35-25(32)16-22(18-11-6-7-12-21(18)28)29-26(33)20-15-19-23(13-8-14-24(19)31)30(27(20)34)17-9-4-3-5-10-17/h3-7,9-12,15,22H,2,8,13-14,16H2,1H3,(H,29,33)/t22-/m0/s1. The van der Waals surface area contributed by atoms with Crippen LogP contribution in [0, 0.1) is 0 Å². The molecule has 1 N–H and O–H groups in total. The molecule has 0 spiro atoms. The van der Waals surface area contributed by atoms with E-state index in [1.54, 1.807) is 55.5 Å². The minimum atomic E-state index is -0.827. The van der Waals surface area contributed by atoms with E-state index in [-0.39, 0.29) is 24.4 Å². The Hall–Kier alpha value is -3.71. The Kier molecular flexibility index (Phi) is 7.46. The number of Topliss-reactive ketones (excluding diaryl/α,β-unsaturated/α-hetero) is 1. The summed E-state index contributed by atoms with van der Waals surface area (Å²) in [6, 6.07) is 16.3. The van der Waals surface area contributed by atoms with Crippen molar-refractivity contribution in [2.24, 2.45) is 0 Å². The molecule has 1 atom stereocenters. The fourth-order valence-electron chi connectivity index (χ4n) is 4.32. The number of carbonyl (C=O) groups is 3. The maximum absolute atomic E-state index is 13.6. The molecule has 3 aromatic rings. The average molecular weight is 493 g/mol. The third kappa shape index (κ3) is 5.20. The molecule has 1 amide bonds. The van der Waals surface area contributed by atoms with Crippen molar-refractivity contribution in [3.05, 3.63) is 98.4 Å². The third-order valence-corrected chi connectivity index (χ3v) is 6.29. The topological polar surface area (TPSA) is 94.5 Å². The van der Waals surface area contributed by atoms with E-state index in [0.717, 1.165) is 0 Å². The van der Waals surface area contributed by atoms with E-state index in [4.69, 9.17) is 16.3 Å². The van der Waals surface area contributed by atoms with Crippen LogP contribution in [-0.4, -0.2) is 28.8 Å². The van der Waals surface area contributed by atoms with Crippen LogP contribution in [0.15, 0.2) is 65.5 Å². The molecule has 8 heteroatoms. The molecule has 1 heterocycles. The highest BCUT2D eigenvalue weighted by molar-refractivity contribution is 6.31. The lowest BCUT2D eigenvalue weighted by Crippen LogP contribution is -2.38. The van der Waals surface area contributed by atoms with Gasteiger partial charge in [0.05, 0.1) is 19.1 Å². The van der Waals surface area contributed by atoms with E-state index in [2.05, 4.69) is 5.32 Å². The van der Waals surface area contributed by atoms with Gasteiger partial charge in [-0.2, -0.15) is 0 Å². The van der Waals surface area contributed by atoms with Gasteiger partial charge in [-0.1, -0.05) is 48.0 Å². The smallest absolute Gasteiger partial charge is 0.308 e. The Morgan fingerprint density at radius 3 is 2.49 bits per heavy atom. The highest BCUT2D eigenvalue weighted by atomic mass is 35.5. The minimum Gasteiger partial charge on any atom is -0.466 e. The molecule has 1 aromatic heterocycles. The SMILES string of the molecule is CCOC(=O)C[C@H](NC(=O)c1cc2c(n(-c3ccccc3)c1=O)CCCC2=O)c1ccccc1Cl. The molecule has 0 unspecified atom stereocenters. The molecule has 0 fully saturated rings. The average Bonchev–Trinajstić information content (AvgIpc) is 2.84. The summed E-state index contributed by atoms with van der Waals surface area (Å²) >= 11 is 6.35. The summed E-state index contributed by atoms with van der Waals surface area (Å²) in [4.78, 5) is 52.0. The second kappa shape index (κ2) is 10.7. The third-order valence-electron chi connectivity index (χ3n) is 5.94. The van der Waals surface area contributed by atoms with E-state index in [9.17, 15) is 19.2 Å². The van der Waals surface area contributed by atoms with Crippen molar-refractivity contribution < 1.29 is 19.1 Å². The summed E-state index contributed by atoms with van der Waals surface area (Å²) < 4.78 is 6.51. The molecule has 180 valence electrons. The molecule has 0 bridgehead atoms. The number of pyridine rings is 1. The van der Waals surface area contributed by atoms with Crippen LogP contribution in [-0.2, 0) is 16.0 Å². The quantitative estimate of drug-likeness (QED) is 0.492. The highest BCUT2D eigenvalue weighted by Crippen LogP contribution is 2.27. The van der Waals surface area contributed by atoms with Crippen LogP contribution >= 0.6 is 11.6 Å². The number of halogens is 1. The van der Waals surface area contributed by atoms with Crippen LogP contribution in [0.1, 0.15) is 64.2 Å². The molecule has 1 aliphatic carbocycles. The lowest BCUT2D eigenvalue weighted by molar-refractivity contribution is -0.143. The second-order valence-corrected chi connectivity index (χ2v) is 8.64. The van der Waals surface area contributed by atoms with E-state index in [1.807, 2.05) is 6.07 Å². The first-order chi connectivity index (χ1) is 16.9. The van der Waals surface area contributed by atoms with E-state index >= 15 is 0 Å². The van der Waals surface area contributed by atoms with Gasteiger partial charge in [-0.05, 0) is 49.6 Å². The molecular formula is C27H25ClN2O5. The summed E-state index contributed by atoms with van der Waals surface area (Å²) in [5.41, 5.74) is 1.35. The van der Waals surface area contributed by atoms with Gasteiger partial charge in [-0.3, -0.25) is 23.7 Å². The van der Waals surface area contributed by atoms with Crippen molar-refractivity contribution in [3.63, 3.8) is 0 Å². The Morgan fingerprint density at radius 1 is 1.06 bits per heavy atom. The van der Waals surface area contributed by atoms with Gasteiger partial charge in [-0.15, -0.1) is 0 Å². The number of ether oxygens (including phenoxy) is 1. The van der Waals surface area contributed by atoms with Crippen LogP contribution in [0.5, 0.6) is 0 Å². The first-order valence-electron chi connectivity index (χ1n) is 11.5. The number of amides is 1. The lowest BCUT2D eigenvalue weighted by atomic mass is 9.92. The monoisotopic (exact) mass is 492 g/mol. The van der Waals surface area contributed by atoms with Gasteiger partial charge in [0.1, 0.15) is 5.56 Å². The zero-order valence-electron chi connectivity index (χ0n) is 19.3. The number of benzene rings is 2. The summed E-state index contributed by atoms with van der Waals surface area (Å²) in [5, 5.41) is 3.14. The van der Waals surface area contributed by atoms with Crippen LogP contribution in [0.3, 0.4) is 0 Å². The number of para-hydroxylation sites is 1. The van der Waals surface area contributed by atoms with Crippen molar-refractivity contribution in [1.82, 2.24) is 9.88 Å². The fourth-order valence-corrected chi connectivity index (χ4v) is 4.59. The van der Waals surface area contributed by atoms with Gasteiger partial charge in [0.25, 0.3) is 11.5 Å². The molecule has 0 aliphatic heterocycles. The molecule has 0 radical (unpaired) electrons. The minimum absolute atomic E-state index is 0.112. The highest BCUT2D eigenvalue weighted by Gasteiger charge is 2.28. The van der Waals surface area contributed by atoms with Crippen LogP contribution in [0.25, 0.3) is 5.69 Å². The summed E-state index contributed by atoms with van der Waals surface area (Å²) in [6.07, 6.45) is 1.38. The van der Waals surface area contributed by atoms with Crippen molar-refractivity contribution in [1.29, 1.82) is 0 Å². The number of nitrogens with zero attached hydrogens (tertiary/aromatic N) is 1. The number of hydrogen-bond acceptors (Lipinski definition) is 5. The number of rotatable bonds is 7. The van der Waals surface area contributed by atoms with Gasteiger partial charge < -0.3 is 10.1 Å². The predicted molar refractivity (Wildman–Crippen MR) is 132 cm³/mol. The maximum atomic E-state index is 13.6. The van der Waals surface area contributed by atoms with E-state index in [0.29, 0.717) is 46.8 Å². The first-order valence-corrected chi connectivity index (χ1v) is 11.9. The number of aromatic nitrogens is 1. The van der Waals surface area contributed by atoms with Gasteiger partial charge >= 0.3 is 5.97 Å². The summed E-state index contributed by atoms with van der Waals surface area (Å²) in [6.45, 7) is 1.88. The Labute approximate surface area is 207 Å². The zero-order valence-corrected chi connectivity index (χ0v) is 20.0. The van der Waals surface area contributed by atoms with Crippen molar-refractivity contribution in [2.75, 3.05) is 6.61 Å². The molecule has 35 heavy (non-hydrogen) atoms. The van der Waals surface area contributed by atoms with Crippen LogP contribution < -0.4 is 10.9 Å². The lowest BCUT2D eigenvalue weighted by Gasteiger charge is -2.23. The Balaban J connectivity index is 1.78. The van der Waals surface area contributed by atoms with Gasteiger partial charge in [0, 0.05) is 28.4 Å². The summed E-state index contributed by atoms with van der Waals surface area (Å²) in [7, 11) is 0. The fraction of sp³-hybridized carbons (Fsp3) is 0.259. The molecule has 4 rings (SSSR count). The molecular weight excluding hydrogens is 468 g/mol. The molecule has 7 nitrogen and oxygen atoms in total. The predicted octanol–water partition coefficient (Wildman–Crippen LogP) is 4.43. The van der Waals surface area contributed by atoms with E-state index in [1.165, 1.54) is 10.6 Å². The molecule has 0 saturated heterocycles. The Bertz CT molecular complexity index is 1330. The number of ketones is 1. The van der Waals surface area contributed by atoms with Crippen molar-refractivity contribution in [2.45, 2.75) is 38.6 Å². The Morgan fingerprint density at radius 2 is 1.77 bits per heavy atom. The van der Waals surface area contributed by atoms with E-state index < -0.39 is 23.5 Å². The number of esters is 1. The zero-order chi connectivity index (χ0) is 24.9. The number of fused-ring (bicyclic) bond motifs is 1. The molecule has 0 saturated carbocycles. The maximum Gasteiger partial charge on any atom is 0.308 e.